The Labute approximate surface area is 160 Å². The number of hydrogen-bond donors (Lipinski definition) is 0. The van der Waals surface area contributed by atoms with Crippen LogP contribution < -0.4 is 4.74 Å². The van der Waals surface area contributed by atoms with Crippen LogP contribution in [0.15, 0.2) is 16.7 Å². The molecule has 0 unspecified atom stereocenters. The minimum absolute atomic E-state index is 0.0255. The Kier molecular flexibility index (Phi) is 6.00. The molecule has 0 bridgehead atoms. The van der Waals surface area contributed by atoms with E-state index in [4.69, 9.17) is 9.26 Å². The van der Waals surface area contributed by atoms with E-state index in [1.165, 1.54) is 0 Å². The third-order valence-electron chi connectivity index (χ3n) is 2.84. The van der Waals surface area contributed by atoms with Crippen LogP contribution in [-0.2, 0) is 0 Å². The Bertz CT molecular complexity index is 769. The Morgan fingerprint density at radius 2 is 2.04 bits per heavy atom. The number of benzene rings is 1. The molecule has 0 amide bonds. The van der Waals surface area contributed by atoms with Gasteiger partial charge in [-0.15, -0.1) is 0 Å². The first kappa shape index (κ1) is 18.2. The maximum absolute atomic E-state index is 11.1. The molecule has 1 aromatic heterocycles. The summed E-state index contributed by atoms with van der Waals surface area (Å²) in [5.41, 5.74) is 0.969. The minimum Gasteiger partial charge on any atom is -0.489 e. The Hall–Kier alpha value is -1.17. The van der Waals surface area contributed by atoms with Crippen LogP contribution in [-0.4, -0.2) is 16.2 Å². The summed E-state index contributed by atoms with van der Waals surface area (Å²) in [6, 6.07) is 3.96. The monoisotopic (exact) mass is 540 g/mol. The molecule has 0 fully saturated rings. The summed E-state index contributed by atoms with van der Waals surface area (Å²) >= 11 is 4.43. The number of nitrogens with zero attached hydrogens (tertiary/aromatic N) is 2. The molecule has 2 aromatic rings. The molecule has 0 N–H and O–H groups in total. The first-order chi connectivity index (χ1) is 10.8. The van der Waals surface area contributed by atoms with Gasteiger partial charge in [0.2, 0.25) is 5.76 Å². The fourth-order valence-electron chi connectivity index (χ4n) is 1.94. The second kappa shape index (κ2) is 7.60. The van der Waals surface area contributed by atoms with Gasteiger partial charge in [0, 0.05) is 9.13 Å². The predicted molar refractivity (Wildman–Crippen MR) is 104 cm³/mol. The van der Waals surface area contributed by atoms with Gasteiger partial charge >= 0.3 is 5.69 Å². The van der Waals surface area contributed by atoms with E-state index < -0.39 is 4.92 Å². The van der Waals surface area contributed by atoms with Gasteiger partial charge in [-0.2, -0.15) is 0 Å². The molecule has 0 aliphatic carbocycles. The third kappa shape index (κ3) is 4.43. The minimum atomic E-state index is -0.491. The average molecular weight is 540 g/mol. The van der Waals surface area contributed by atoms with Crippen molar-refractivity contribution in [2.75, 3.05) is 0 Å². The van der Waals surface area contributed by atoms with Crippen LogP contribution in [0.25, 0.3) is 12.2 Å². The molecule has 2 rings (SSSR count). The number of halogens is 2. The number of ether oxygens (including phenoxy) is 1. The highest BCUT2D eigenvalue weighted by Crippen LogP contribution is 2.32. The van der Waals surface area contributed by atoms with Crippen molar-refractivity contribution in [1.29, 1.82) is 0 Å². The molecule has 0 saturated heterocycles. The lowest BCUT2D eigenvalue weighted by Gasteiger charge is -2.14. The topological polar surface area (TPSA) is 78.4 Å². The van der Waals surface area contributed by atoms with Crippen molar-refractivity contribution < 1.29 is 14.2 Å². The van der Waals surface area contributed by atoms with Crippen molar-refractivity contribution in [1.82, 2.24) is 5.16 Å². The fourth-order valence-corrected chi connectivity index (χ4v) is 3.96. The van der Waals surface area contributed by atoms with E-state index >= 15 is 0 Å². The van der Waals surface area contributed by atoms with E-state index in [1.807, 2.05) is 26.0 Å². The summed E-state index contributed by atoms with van der Waals surface area (Å²) in [4.78, 5) is 10.6. The van der Waals surface area contributed by atoms with Crippen molar-refractivity contribution in [3.8, 4) is 5.75 Å². The Morgan fingerprint density at radius 3 is 2.65 bits per heavy atom. The van der Waals surface area contributed by atoms with Crippen molar-refractivity contribution in [2.24, 2.45) is 0 Å². The van der Waals surface area contributed by atoms with Crippen LogP contribution in [0.1, 0.15) is 30.9 Å². The van der Waals surface area contributed by atoms with Crippen LogP contribution in [0.3, 0.4) is 0 Å². The molecule has 0 aliphatic heterocycles. The van der Waals surface area contributed by atoms with Crippen LogP contribution in [0.2, 0.25) is 0 Å². The van der Waals surface area contributed by atoms with Gasteiger partial charge in [-0.1, -0.05) is 5.16 Å². The zero-order chi connectivity index (χ0) is 17.1. The normalized spacial score (nSPS) is 11.4. The van der Waals surface area contributed by atoms with Crippen molar-refractivity contribution in [3.05, 3.63) is 46.4 Å². The van der Waals surface area contributed by atoms with Crippen LogP contribution in [0.4, 0.5) is 5.69 Å². The fraction of sp³-hybridized carbons (Fsp3) is 0.267. The van der Waals surface area contributed by atoms with Crippen LogP contribution in [0.5, 0.6) is 5.75 Å². The van der Waals surface area contributed by atoms with Gasteiger partial charge in [-0.3, -0.25) is 10.1 Å². The summed E-state index contributed by atoms with van der Waals surface area (Å²) in [5, 5.41) is 14.7. The first-order valence-electron chi connectivity index (χ1n) is 6.74. The lowest BCUT2D eigenvalue weighted by Crippen LogP contribution is -2.08. The Balaban J connectivity index is 2.45. The van der Waals surface area contributed by atoms with Gasteiger partial charge in [0.25, 0.3) is 0 Å². The van der Waals surface area contributed by atoms with E-state index in [0.717, 1.165) is 18.5 Å². The molecule has 1 aromatic carbocycles. The van der Waals surface area contributed by atoms with Crippen molar-refractivity contribution >= 4 is 63.0 Å². The molecule has 0 saturated carbocycles. The number of rotatable bonds is 5. The second-order valence-corrected chi connectivity index (χ2v) is 7.45. The number of aromatic nitrogens is 1. The summed E-state index contributed by atoms with van der Waals surface area (Å²) in [7, 11) is 0. The summed E-state index contributed by atoms with van der Waals surface area (Å²) in [5.74, 6) is 0.869. The quantitative estimate of drug-likeness (QED) is 0.301. The molecule has 0 aliphatic rings. The first-order valence-corrected chi connectivity index (χ1v) is 8.89. The molecule has 0 radical (unpaired) electrons. The highest BCUT2D eigenvalue weighted by molar-refractivity contribution is 14.1. The van der Waals surface area contributed by atoms with Gasteiger partial charge in [0.15, 0.2) is 5.69 Å². The molecular weight excluding hydrogens is 526 g/mol. The number of hydrogen-bond acceptors (Lipinski definition) is 5. The maximum atomic E-state index is 11.1. The molecule has 122 valence electrons. The lowest BCUT2D eigenvalue weighted by atomic mass is 10.1. The second-order valence-electron chi connectivity index (χ2n) is 5.04. The number of nitro groups is 1. The van der Waals surface area contributed by atoms with E-state index in [2.05, 4.69) is 50.3 Å². The van der Waals surface area contributed by atoms with Gasteiger partial charge in [-0.25, -0.2) is 0 Å². The SMILES string of the molecule is Cc1noc(/C=C\c2cc(I)cc(I)c2OC(C)C)c1[N+](=O)[O-]. The smallest absolute Gasteiger partial charge is 0.338 e. The largest absolute Gasteiger partial charge is 0.489 e. The lowest BCUT2D eigenvalue weighted by molar-refractivity contribution is -0.386. The van der Waals surface area contributed by atoms with Gasteiger partial charge in [0.05, 0.1) is 14.6 Å². The van der Waals surface area contributed by atoms with Crippen LogP contribution in [0, 0.1) is 24.2 Å². The van der Waals surface area contributed by atoms with E-state index in [9.17, 15) is 10.1 Å². The highest BCUT2D eigenvalue weighted by Gasteiger charge is 2.22. The zero-order valence-corrected chi connectivity index (χ0v) is 17.0. The van der Waals surface area contributed by atoms with Gasteiger partial charge in [0.1, 0.15) is 5.75 Å². The number of aryl methyl sites for hydroxylation is 1. The van der Waals surface area contributed by atoms with E-state index in [-0.39, 0.29) is 23.2 Å². The summed E-state index contributed by atoms with van der Waals surface area (Å²) in [6.45, 7) is 5.44. The summed E-state index contributed by atoms with van der Waals surface area (Å²) in [6.07, 6.45) is 3.32. The van der Waals surface area contributed by atoms with E-state index in [0.29, 0.717) is 0 Å². The van der Waals surface area contributed by atoms with Crippen molar-refractivity contribution in [2.45, 2.75) is 26.9 Å². The van der Waals surface area contributed by atoms with E-state index in [1.54, 1.807) is 19.1 Å². The highest BCUT2D eigenvalue weighted by atomic mass is 127. The van der Waals surface area contributed by atoms with Gasteiger partial charge in [-0.05, 0) is 90.2 Å². The third-order valence-corrected chi connectivity index (χ3v) is 4.27. The molecule has 8 heteroatoms. The Morgan fingerprint density at radius 1 is 1.35 bits per heavy atom. The molecule has 6 nitrogen and oxygen atoms in total. The molecule has 1 heterocycles. The molecular formula is C15H14I2N2O4. The van der Waals surface area contributed by atoms with Crippen LogP contribution >= 0.6 is 45.2 Å². The molecule has 23 heavy (non-hydrogen) atoms. The summed E-state index contributed by atoms with van der Waals surface area (Å²) < 4.78 is 12.9. The van der Waals surface area contributed by atoms with Crippen molar-refractivity contribution in [3.63, 3.8) is 0 Å². The zero-order valence-electron chi connectivity index (χ0n) is 12.7. The van der Waals surface area contributed by atoms with Gasteiger partial charge < -0.3 is 9.26 Å². The molecule has 0 atom stereocenters. The molecule has 0 spiro atoms. The predicted octanol–water partition coefficient (Wildman–Crippen LogP) is 5.06. The standard InChI is InChI=1S/C15H14I2N2O4/c1-8(2)22-15-10(6-11(16)7-12(15)17)4-5-13-14(19(20)21)9(3)18-23-13/h4-8H,1-3H3/b5-4-. The maximum Gasteiger partial charge on any atom is 0.338 e. The average Bonchev–Trinajstić information content (AvgIpc) is 2.80.